The first-order chi connectivity index (χ1) is 10.7. The first-order valence-electron chi connectivity index (χ1n) is 6.46. The fourth-order valence-electron chi connectivity index (χ4n) is 1.88. The van der Waals surface area contributed by atoms with E-state index in [1.807, 2.05) is 0 Å². The minimum absolute atomic E-state index is 0.117. The van der Waals surface area contributed by atoms with Crippen LogP contribution < -0.4 is 16.0 Å². The Labute approximate surface area is 131 Å². The number of aromatic nitrogens is 2. The summed E-state index contributed by atoms with van der Waals surface area (Å²) >= 11 is 3.91. The molecule has 4 N–H and O–H groups in total. The Balaban J connectivity index is 2.42. The van der Waals surface area contributed by atoms with Crippen molar-refractivity contribution in [3.63, 3.8) is 0 Å². The van der Waals surface area contributed by atoms with Crippen molar-refractivity contribution in [2.24, 2.45) is 0 Å². The minimum Gasteiger partial charge on any atom is -0.504 e. The molecule has 0 bridgehead atoms. The van der Waals surface area contributed by atoms with Gasteiger partial charge in [0.15, 0.2) is 11.4 Å². The van der Waals surface area contributed by atoms with Crippen LogP contribution in [-0.2, 0) is 4.79 Å². The molecule has 2 amide bonds. The van der Waals surface area contributed by atoms with E-state index in [1.54, 1.807) is 12.1 Å². The van der Waals surface area contributed by atoms with Gasteiger partial charge in [0.25, 0.3) is 5.91 Å². The number of hydrogen-bond acceptors (Lipinski definition) is 7. The number of pyridine rings is 2. The molecule has 0 aliphatic rings. The first kappa shape index (κ1) is 15.8. The van der Waals surface area contributed by atoms with Gasteiger partial charge in [-0.05, 0) is 12.1 Å². The number of aromatic hydroxyl groups is 1. The van der Waals surface area contributed by atoms with Gasteiger partial charge >= 0.3 is 0 Å². The van der Waals surface area contributed by atoms with Crippen molar-refractivity contribution >= 4 is 41.7 Å². The summed E-state index contributed by atoms with van der Waals surface area (Å²) < 4.78 is 0. The highest BCUT2D eigenvalue weighted by Gasteiger charge is 2.19. The summed E-state index contributed by atoms with van der Waals surface area (Å²) in [4.78, 5) is 30.4. The molecule has 0 aliphatic carbocycles. The van der Waals surface area contributed by atoms with Crippen LogP contribution in [0.2, 0.25) is 0 Å². The molecule has 0 atom stereocenters. The van der Waals surface area contributed by atoms with Gasteiger partial charge < -0.3 is 21.1 Å². The van der Waals surface area contributed by atoms with E-state index in [0.29, 0.717) is 30.7 Å². The van der Waals surface area contributed by atoms with E-state index in [0.717, 1.165) is 0 Å². The third kappa shape index (κ3) is 3.37. The Morgan fingerprint density at radius 3 is 2.95 bits per heavy atom. The molecule has 0 saturated carbocycles. The van der Waals surface area contributed by atoms with Crippen LogP contribution in [0.5, 0.6) is 5.75 Å². The van der Waals surface area contributed by atoms with Gasteiger partial charge in [0.2, 0.25) is 6.41 Å². The second kappa shape index (κ2) is 7.46. The molecular formula is C13H15N5O3S. The van der Waals surface area contributed by atoms with E-state index >= 15 is 0 Å². The number of hydrogen-bond donors (Lipinski definition) is 5. The van der Waals surface area contributed by atoms with Crippen molar-refractivity contribution in [3.05, 3.63) is 24.0 Å². The minimum atomic E-state index is -0.547. The number of fused-ring (bicyclic) bond motifs is 1. The predicted molar refractivity (Wildman–Crippen MR) is 85.1 cm³/mol. The van der Waals surface area contributed by atoms with Crippen molar-refractivity contribution in [3.8, 4) is 5.75 Å². The van der Waals surface area contributed by atoms with E-state index < -0.39 is 5.91 Å². The highest BCUT2D eigenvalue weighted by Crippen LogP contribution is 2.30. The fraction of sp³-hybridized carbons (Fsp3) is 0.231. The molecule has 0 aromatic carbocycles. The SMILES string of the molecule is O=CNCCNc1nc(C(=O)NCS)c(O)c2ncccc12. The first-order valence-corrected chi connectivity index (χ1v) is 7.10. The molecule has 0 radical (unpaired) electrons. The lowest BCUT2D eigenvalue weighted by Crippen LogP contribution is -2.24. The number of nitrogens with one attached hydrogen (secondary N) is 3. The van der Waals surface area contributed by atoms with Gasteiger partial charge in [-0.15, -0.1) is 0 Å². The second-order valence-corrected chi connectivity index (χ2v) is 4.54. The molecule has 0 spiro atoms. The second-order valence-electron chi connectivity index (χ2n) is 4.22. The Hall–Kier alpha value is -2.55. The molecule has 116 valence electrons. The van der Waals surface area contributed by atoms with Gasteiger partial charge in [-0.1, -0.05) is 0 Å². The average Bonchev–Trinajstić information content (AvgIpc) is 2.53. The lowest BCUT2D eigenvalue weighted by atomic mass is 10.2. The molecule has 2 aromatic rings. The van der Waals surface area contributed by atoms with Crippen LogP contribution >= 0.6 is 12.6 Å². The summed E-state index contributed by atoms with van der Waals surface area (Å²) in [6.07, 6.45) is 2.11. The molecule has 8 nitrogen and oxygen atoms in total. The van der Waals surface area contributed by atoms with Crippen LogP contribution in [0.3, 0.4) is 0 Å². The van der Waals surface area contributed by atoms with Crippen LogP contribution in [0.25, 0.3) is 10.9 Å². The monoisotopic (exact) mass is 321 g/mol. The van der Waals surface area contributed by atoms with E-state index in [4.69, 9.17) is 0 Å². The maximum Gasteiger partial charge on any atom is 0.274 e. The van der Waals surface area contributed by atoms with Gasteiger partial charge in [-0.25, -0.2) is 4.98 Å². The molecule has 2 heterocycles. The van der Waals surface area contributed by atoms with Crippen LogP contribution in [-0.4, -0.2) is 46.4 Å². The highest BCUT2D eigenvalue weighted by molar-refractivity contribution is 7.80. The summed E-state index contributed by atoms with van der Waals surface area (Å²) in [5.74, 6) is -0.315. The maximum atomic E-state index is 11.9. The summed E-state index contributed by atoms with van der Waals surface area (Å²) in [6, 6.07) is 3.43. The number of carbonyl (C=O) groups excluding carboxylic acids is 2. The van der Waals surface area contributed by atoms with Gasteiger partial charge in [0.1, 0.15) is 11.3 Å². The molecule has 0 aliphatic heterocycles. The highest BCUT2D eigenvalue weighted by atomic mass is 32.1. The van der Waals surface area contributed by atoms with Crippen LogP contribution in [0.15, 0.2) is 18.3 Å². The van der Waals surface area contributed by atoms with E-state index in [-0.39, 0.29) is 22.8 Å². The maximum absolute atomic E-state index is 11.9. The zero-order valence-electron chi connectivity index (χ0n) is 11.5. The van der Waals surface area contributed by atoms with Crippen molar-refractivity contribution < 1.29 is 14.7 Å². The molecule has 2 aromatic heterocycles. The van der Waals surface area contributed by atoms with Crippen molar-refractivity contribution in [1.82, 2.24) is 20.6 Å². The Bertz CT molecular complexity index is 695. The average molecular weight is 321 g/mol. The Kier molecular flexibility index (Phi) is 5.37. The molecule has 0 fully saturated rings. The molecular weight excluding hydrogens is 306 g/mol. The van der Waals surface area contributed by atoms with Crippen LogP contribution in [0.1, 0.15) is 10.5 Å². The van der Waals surface area contributed by atoms with E-state index in [2.05, 4.69) is 38.5 Å². The standard InChI is InChI=1S/C13H15N5O3S/c19-6-14-4-5-16-12-8-2-1-3-15-9(8)11(20)10(18-12)13(21)17-7-22/h1-3,6,20,22H,4-5,7H2,(H,14,19)(H,16,18)(H,17,21). The number of amides is 2. The predicted octanol–water partition coefficient (Wildman–Crippen LogP) is 0.110. The van der Waals surface area contributed by atoms with E-state index in [9.17, 15) is 14.7 Å². The summed E-state index contributed by atoms with van der Waals surface area (Å²) in [7, 11) is 0. The van der Waals surface area contributed by atoms with E-state index in [1.165, 1.54) is 6.20 Å². The van der Waals surface area contributed by atoms with Crippen molar-refractivity contribution in [1.29, 1.82) is 0 Å². The number of thiol groups is 1. The zero-order valence-corrected chi connectivity index (χ0v) is 12.4. The van der Waals surface area contributed by atoms with Gasteiger partial charge in [-0.3, -0.25) is 14.6 Å². The van der Waals surface area contributed by atoms with Crippen molar-refractivity contribution in [2.75, 3.05) is 24.3 Å². The third-order valence-electron chi connectivity index (χ3n) is 2.83. The number of carbonyl (C=O) groups is 2. The van der Waals surface area contributed by atoms with Gasteiger partial charge in [0.05, 0.1) is 5.88 Å². The topological polar surface area (TPSA) is 116 Å². The van der Waals surface area contributed by atoms with Crippen molar-refractivity contribution in [2.45, 2.75) is 0 Å². The van der Waals surface area contributed by atoms with Crippen LogP contribution in [0, 0.1) is 0 Å². The van der Waals surface area contributed by atoms with Crippen LogP contribution in [0.4, 0.5) is 5.82 Å². The largest absolute Gasteiger partial charge is 0.504 e. The van der Waals surface area contributed by atoms with Gasteiger partial charge in [0, 0.05) is 24.7 Å². The number of nitrogens with zero attached hydrogens (tertiary/aromatic N) is 2. The Morgan fingerprint density at radius 1 is 1.41 bits per heavy atom. The molecule has 9 heteroatoms. The molecule has 0 saturated heterocycles. The zero-order chi connectivity index (χ0) is 15.9. The Morgan fingerprint density at radius 2 is 2.23 bits per heavy atom. The summed E-state index contributed by atoms with van der Waals surface area (Å²) in [5, 5.41) is 18.7. The third-order valence-corrected chi connectivity index (χ3v) is 2.99. The lowest BCUT2D eigenvalue weighted by Gasteiger charge is -2.12. The summed E-state index contributed by atoms with van der Waals surface area (Å²) in [5.41, 5.74) is 0.138. The smallest absolute Gasteiger partial charge is 0.274 e. The molecule has 0 unspecified atom stereocenters. The lowest BCUT2D eigenvalue weighted by molar-refractivity contribution is -0.109. The summed E-state index contributed by atoms with van der Waals surface area (Å²) in [6.45, 7) is 0.806. The molecule has 22 heavy (non-hydrogen) atoms. The quantitative estimate of drug-likeness (QED) is 0.214. The number of rotatable bonds is 7. The molecule has 2 rings (SSSR count). The number of anilines is 1. The normalized spacial score (nSPS) is 10.2. The van der Waals surface area contributed by atoms with Gasteiger partial charge in [-0.2, -0.15) is 12.6 Å². The fourth-order valence-corrected chi connectivity index (χ4v) is 2.03.